The van der Waals surface area contributed by atoms with E-state index < -0.39 is 6.03 Å². The van der Waals surface area contributed by atoms with Crippen LogP contribution in [0.4, 0.5) is 16.3 Å². The number of aryl methyl sites for hydroxylation is 2. The maximum absolute atomic E-state index is 12.8. The van der Waals surface area contributed by atoms with Crippen LogP contribution in [0.1, 0.15) is 35.1 Å². The number of rotatable bonds is 4. The van der Waals surface area contributed by atoms with Crippen LogP contribution in [0.3, 0.4) is 0 Å². The smallest absolute Gasteiger partial charge is 0.324 e. The Morgan fingerprint density at radius 2 is 1.87 bits per heavy atom. The van der Waals surface area contributed by atoms with Crippen LogP contribution in [0.5, 0.6) is 0 Å². The lowest BCUT2D eigenvalue weighted by molar-refractivity contribution is 0.0680. The van der Waals surface area contributed by atoms with Crippen molar-refractivity contribution in [2.75, 3.05) is 23.7 Å². The largest absolute Gasteiger partial charge is 0.337 e. The van der Waals surface area contributed by atoms with Gasteiger partial charge >= 0.3 is 6.03 Å². The molecule has 2 N–H and O–H groups in total. The molecule has 0 saturated carbocycles. The zero-order valence-corrected chi connectivity index (χ0v) is 18.1. The number of urea groups is 1. The van der Waals surface area contributed by atoms with Crippen molar-refractivity contribution in [3.63, 3.8) is 0 Å². The number of carbonyl (C=O) groups is 2. The summed E-state index contributed by atoms with van der Waals surface area (Å²) in [4.78, 5) is 27.1. The number of aromatic nitrogens is 4. The molecule has 0 aliphatic carbocycles. The average molecular weight is 442 g/mol. The minimum absolute atomic E-state index is 0.0144. The monoisotopic (exact) mass is 441 g/mol. The Morgan fingerprint density at radius 1 is 1.13 bits per heavy atom. The number of amides is 3. The topological polar surface area (TPSA) is 97.1 Å². The summed E-state index contributed by atoms with van der Waals surface area (Å²) in [7, 11) is 1.78. The van der Waals surface area contributed by atoms with E-state index in [9.17, 15) is 9.59 Å². The number of hydrogen-bond donors (Lipinski definition) is 2. The molecule has 10 heteroatoms. The van der Waals surface area contributed by atoms with Crippen LogP contribution >= 0.6 is 11.6 Å². The van der Waals surface area contributed by atoms with Gasteiger partial charge in [0.15, 0.2) is 0 Å². The predicted molar refractivity (Wildman–Crippen MR) is 118 cm³/mol. The molecule has 3 heterocycles. The molecule has 0 bridgehead atoms. The van der Waals surface area contributed by atoms with Gasteiger partial charge in [0.05, 0.1) is 28.6 Å². The first-order chi connectivity index (χ1) is 14.9. The Labute approximate surface area is 185 Å². The Hall–Kier alpha value is -3.33. The van der Waals surface area contributed by atoms with Gasteiger partial charge in [-0.15, -0.1) is 0 Å². The number of carbonyl (C=O) groups excluding carboxylic acids is 2. The van der Waals surface area contributed by atoms with Crippen LogP contribution in [-0.4, -0.2) is 49.5 Å². The number of likely N-dealkylation sites (tertiary alicyclic amines) is 1. The van der Waals surface area contributed by atoms with E-state index in [4.69, 9.17) is 11.6 Å². The highest BCUT2D eigenvalue weighted by Crippen LogP contribution is 2.27. The number of anilines is 2. The Morgan fingerprint density at radius 3 is 2.55 bits per heavy atom. The zero-order chi connectivity index (χ0) is 22.0. The summed E-state index contributed by atoms with van der Waals surface area (Å²) in [5, 5.41) is 14.7. The van der Waals surface area contributed by atoms with E-state index in [2.05, 4.69) is 20.8 Å². The Bertz CT molecular complexity index is 1100. The third-order valence-electron chi connectivity index (χ3n) is 5.35. The van der Waals surface area contributed by atoms with Crippen molar-refractivity contribution in [3.8, 4) is 0 Å². The lowest BCUT2D eigenvalue weighted by atomic mass is 10.0. The average Bonchev–Trinajstić information content (AvgIpc) is 3.34. The van der Waals surface area contributed by atoms with Crippen LogP contribution in [0.2, 0.25) is 5.02 Å². The van der Waals surface area contributed by atoms with E-state index in [0.717, 1.165) is 18.5 Å². The molecule has 0 spiro atoms. The van der Waals surface area contributed by atoms with Gasteiger partial charge in [0.25, 0.3) is 5.91 Å². The minimum Gasteiger partial charge on any atom is -0.337 e. The van der Waals surface area contributed by atoms with E-state index in [1.807, 2.05) is 22.6 Å². The standard InChI is InChI=1S/C21H24ClN7O2/c1-14-13-18(27(2)26-14)20(30)28-11-8-15(9-12-28)29-19(7-10-23-29)25-21(31)24-17-6-4-3-5-16(17)22/h3-7,10,13,15H,8-9,11-12H2,1-2H3,(H2,24,25,31). The molecular weight excluding hydrogens is 418 g/mol. The van der Waals surface area contributed by atoms with Crippen molar-refractivity contribution < 1.29 is 9.59 Å². The van der Waals surface area contributed by atoms with Crippen LogP contribution in [0.25, 0.3) is 0 Å². The minimum atomic E-state index is -0.394. The van der Waals surface area contributed by atoms with Gasteiger partial charge in [-0.1, -0.05) is 23.7 Å². The molecule has 2 aromatic heterocycles. The van der Waals surface area contributed by atoms with Gasteiger partial charge in [-0.2, -0.15) is 10.2 Å². The first kappa shape index (κ1) is 20.9. The number of piperidine rings is 1. The van der Waals surface area contributed by atoms with Gasteiger partial charge < -0.3 is 10.2 Å². The fourth-order valence-corrected chi connectivity index (χ4v) is 4.01. The maximum atomic E-state index is 12.8. The van der Waals surface area contributed by atoms with Crippen molar-refractivity contribution >= 4 is 35.0 Å². The lowest BCUT2D eigenvalue weighted by Crippen LogP contribution is -2.40. The SMILES string of the molecule is Cc1cc(C(=O)N2CCC(n3nccc3NC(=O)Nc3ccccc3Cl)CC2)n(C)n1. The highest BCUT2D eigenvalue weighted by Gasteiger charge is 2.27. The quantitative estimate of drug-likeness (QED) is 0.645. The molecule has 4 rings (SSSR count). The molecule has 162 valence electrons. The van der Waals surface area contributed by atoms with E-state index in [1.54, 1.807) is 48.3 Å². The summed E-state index contributed by atoms with van der Waals surface area (Å²) >= 11 is 6.10. The van der Waals surface area contributed by atoms with Crippen LogP contribution in [0.15, 0.2) is 42.6 Å². The summed E-state index contributed by atoms with van der Waals surface area (Å²) in [6.45, 7) is 3.09. The molecule has 1 aliphatic rings. The predicted octanol–water partition coefficient (Wildman–Crippen LogP) is 3.70. The normalized spacial score (nSPS) is 14.5. The van der Waals surface area contributed by atoms with Crippen molar-refractivity contribution in [1.82, 2.24) is 24.5 Å². The molecule has 0 atom stereocenters. The van der Waals surface area contributed by atoms with Crippen LogP contribution in [0, 0.1) is 6.92 Å². The molecular formula is C21H24ClN7O2. The summed E-state index contributed by atoms with van der Waals surface area (Å²) < 4.78 is 3.43. The highest BCUT2D eigenvalue weighted by atomic mass is 35.5. The fourth-order valence-electron chi connectivity index (χ4n) is 3.82. The van der Waals surface area contributed by atoms with E-state index in [1.165, 1.54) is 0 Å². The zero-order valence-electron chi connectivity index (χ0n) is 17.4. The molecule has 1 fully saturated rings. The number of para-hydroxylation sites is 1. The molecule has 3 aromatic rings. The number of halogens is 1. The van der Waals surface area contributed by atoms with Gasteiger partial charge in [-0.05, 0) is 38.0 Å². The number of nitrogens with one attached hydrogen (secondary N) is 2. The number of benzene rings is 1. The van der Waals surface area contributed by atoms with Crippen LogP contribution in [-0.2, 0) is 7.05 Å². The van der Waals surface area contributed by atoms with E-state index in [0.29, 0.717) is 35.3 Å². The second-order valence-electron chi connectivity index (χ2n) is 7.54. The van der Waals surface area contributed by atoms with Crippen molar-refractivity contribution in [1.29, 1.82) is 0 Å². The maximum Gasteiger partial charge on any atom is 0.324 e. The fraction of sp³-hybridized carbons (Fsp3) is 0.333. The molecule has 1 saturated heterocycles. The van der Waals surface area contributed by atoms with Crippen molar-refractivity contribution in [2.45, 2.75) is 25.8 Å². The van der Waals surface area contributed by atoms with Crippen molar-refractivity contribution in [3.05, 3.63) is 59.0 Å². The molecule has 9 nitrogen and oxygen atoms in total. The van der Waals surface area contributed by atoms with Gasteiger partial charge in [0, 0.05) is 26.2 Å². The van der Waals surface area contributed by atoms with E-state index >= 15 is 0 Å². The summed E-state index contributed by atoms with van der Waals surface area (Å²) in [5.74, 6) is 0.580. The van der Waals surface area contributed by atoms with Crippen molar-refractivity contribution in [2.24, 2.45) is 7.05 Å². The second-order valence-corrected chi connectivity index (χ2v) is 7.95. The van der Waals surface area contributed by atoms with Gasteiger partial charge in [-0.25, -0.2) is 9.48 Å². The first-order valence-electron chi connectivity index (χ1n) is 10.1. The third-order valence-corrected chi connectivity index (χ3v) is 5.68. The molecule has 31 heavy (non-hydrogen) atoms. The highest BCUT2D eigenvalue weighted by molar-refractivity contribution is 6.33. The lowest BCUT2D eigenvalue weighted by Gasteiger charge is -2.32. The number of nitrogens with zero attached hydrogens (tertiary/aromatic N) is 5. The van der Waals surface area contributed by atoms with Gasteiger partial charge in [0.2, 0.25) is 0 Å². The molecule has 0 unspecified atom stereocenters. The van der Waals surface area contributed by atoms with Crippen LogP contribution < -0.4 is 10.6 Å². The molecule has 1 aliphatic heterocycles. The third kappa shape index (κ3) is 4.56. The number of hydrogen-bond acceptors (Lipinski definition) is 4. The molecule has 0 radical (unpaired) electrons. The summed E-state index contributed by atoms with van der Waals surface area (Å²) in [6.07, 6.45) is 3.14. The first-order valence-corrected chi connectivity index (χ1v) is 10.5. The van der Waals surface area contributed by atoms with Gasteiger partial charge in [-0.3, -0.25) is 14.8 Å². The summed E-state index contributed by atoms with van der Waals surface area (Å²) in [5.41, 5.74) is 1.95. The second kappa shape index (κ2) is 8.81. The molecule has 3 amide bonds. The Balaban J connectivity index is 1.37. The summed E-state index contributed by atoms with van der Waals surface area (Å²) in [6, 6.07) is 10.3. The Kier molecular flexibility index (Phi) is 5.94. The van der Waals surface area contributed by atoms with Gasteiger partial charge in [0.1, 0.15) is 11.5 Å². The molecule has 1 aromatic carbocycles. The van der Waals surface area contributed by atoms with E-state index in [-0.39, 0.29) is 11.9 Å².